The second kappa shape index (κ2) is 9.39. The van der Waals surface area contributed by atoms with Gasteiger partial charge in [0.25, 0.3) is 0 Å². The number of anilines is 2. The fourth-order valence-corrected chi connectivity index (χ4v) is 2.94. The molecule has 2 amide bonds. The van der Waals surface area contributed by atoms with E-state index in [-0.39, 0.29) is 24.9 Å². The van der Waals surface area contributed by atoms with Crippen molar-refractivity contribution in [3.05, 3.63) is 52.5 Å². The molecule has 2 aromatic rings. The summed E-state index contributed by atoms with van der Waals surface area (Å²) in [5.41, 5.74) is 3.38. The van der Waals surface area contributed by atoms with Crippen molar-refractivity contribution in [1.29, 1.82) is 0 Å². The molecule has 0 fully saturated rings. The minimum Gasteiger partial charge on any atom is -0.495 e. The molecule has 0 aliphatic heterocycles. The molecule has 0 bridgehead atoms. The van der Waals surface area contributed by atoms with Gasteiger partial charge in [-0.2, -0.15) is 0 Å². The van der Waals surface area contributed by atoms with Gasteiger partial charge in [0.05, 0.1) is 25.2 Å². The second-order valence-electron chi connectivity index (χ2n) is 6.38. The molecule has 0 saturated carbocycles. The Hall–Kier alpha value is -2.57. The van der Waals surface area contributed by atoms with Crippen molar-refractivity contribution >= 4 is 34.8 Å². The standard InChI is InChI=1S/C20H24ClN3O3/c1-13-6-5-7-14(2)20(13)23-19(26)12-24(3)11-18(25)22-15-8-9-17(27-4)16(21)10-15/h5-10H,11-12H2,1-4H3,(H,22,25)(H,23,26). The van der Waals surface area contributed by atoms with E-state index < -0.39 is 0 Å². The average molecular weight is 390 g/mol. The Morgan fingerprint density at radius 2 is 1.63 bits per heavy atom. The van der Waals surface area contributed by atoms with E-state index >= 15 is 0 Å². The first kappa shape index (κ1) is 20.7. The number of amides is 2. The third kappa shape index (κ3) is 5.98. The predicted octanol–water partition coefficient (Wildman–Crippen LogP) is 3.47. The van der Waals surface area contributed by atoms with Crippen LogP contribution >= 0.6 is 11.6 Å². The van der Waals surface area contributed by atoms with Crippen LogP contribution in [0.1, 0.15) is 11.1 Å². The van der Waals surface area contributed by atoms with Crippen LogP contribution in [0.4, 0.5) is 11.4 Å². The molecule has 2 aromatic carbocycles. The van der Waals surface area contributed by atoms with Crippen LogP contribution in [-0.4, -0.2) is 44.0 Å². The number of rotatable bonds is 7. The Labute approximate surface area is 164 Å². The quantitative estimate of drug-likeness (QED) is 0.760. The van der Waals surface area contributed by atoms with Crippen molar-refractivity contribution in [3.8, 4) is 5.75 Å². The summed E-state index contributed by atoms with van der Waals surface area (Å²) < 4.78 is 5.08. The van der Waals surface area contributed by atoms with E-state index in [9.17, 15) is 9.59 Å². The first-order chi connectivity index (χ1) is 12.8. The van der Waals surface area contributed by atoms with Crippen molar-refractivity contribution < 1.29 is 14.3 Å². The van der Waals surface area contributed by atoms with Gasteiger partial charge in [0.15, 0.2) is 0 Å². The molecule has 2 rings (SSSR count). The van der Waals surface area contributed by atoms with Crippen LogP contribution in [-0.2, 0) is 9.59 Å². The molecule has 0 atom stereocenters. The Morgan fingerprint density at radius 3 is 2.19 bits per heavy atom. The lowest BCUT2D eigenvalue weighted by Gasteiger charge is -2.17. The topological polar surface area (TPSA) is 70.7 Å². The average Bonchev–Trinajstić information content (AvgIpc) is 2.58. The molecule has 0 radical (unpaired) electrons. The lowest BCUT2D eigenvalue weighted by atomic mass is 10.1. The van der Waals surface area contributed by atoms with Gasteiger partial charge in [-0.3, -0.25) is 14.5 Å². The number of nitrogens with one attached hydrogen (secondary N) is 2. The van der Waals surface area contributed by atoms with Crippen LogP contribution in [0.5, 0.6) is 5.75 Å². The number of nitrogens with zero attached hydrogens (tertiary/aromatic N) is 1. The van der Waals surface area contributed by atoms with Gasteiger partial charge in [0.2, 0.25) is 11.8 Å². The molecule has 0 aliphatic carbocycles. The Balaban J connectivity index is 1.87. The van der Waals surface area contributed by atoms with Gasteiger partial charge in [-0.15, -0.1) is 0 Å². The molecule has 7 heteroatoms. The van der Waals surface area contributed by atoms with Crippen LogP contribution in [0.15, 0.2) is 36.4 Å². The summed E-state index contributed by atoms with van der Waals surface area (Å²) in [5, 5.41) is 6.08. The summed E-state index contributed by atoms with van der Waals surface area (Å²) in [6, 6.07) is 10.8. The van der Waals surface area contributed by atoms with Crippen LogP contribution in [0, 0.1) is 13.8 Å². The van der Waals surface area contributed by atoms with Crippen molar-refractivity contribution in [1.82, 2.24) is 4.90 Å². The number of hydrogen-bond donors (Lipinski definition) is 2. The highest BCUT2D eigenvalue weighted by Gasteiger charge is 2.13. The molecule has 0 aliphatic rings. The number of hydrogen-bond acceptors (Lipinski definition) is 4. The summed E-state index contributed by atoms with van der Waals surface area (Å²) in [5.74, 6) is 0.128. The van der Waals surface area contributed by atoms with Gasteiger partial charge in [-0.05, 0) is 50.2 Å². The largest absolute Gasteiger partial charge is 0.495 e. The lowest BCUT2D eigenvalue weighted by Crippen LogP contribution is -2.36. The van der Waals surface area contributed by atoms with Crippen molar-refractivity contribution in [2.75, 3.05) is 37.9 Å². The number of ether oxygens (including phenoxy) is 1. The zero-order chi connectivity index (χ0) is 20.0. The van der Waals surface area contributed by atoms with Crippen LogP contribution in [0.3, 0.4) is 0 Å². The molecule has 144 valence electrons. The smallest absolute Gasteiger partial charge is 0.238 e. The van der Waals surface area contributed by atoms with Crippen molar-refractivity contribution in [2.24, 2.45) is 0 Å². The van der Waals surface area contributed by atoms with Crippen LogP contribution in [0.25, 0.3) is 0 Å². The first-order valence-electron chi connectivity index (χ1n) is 8.48. The summed E-state index contributed by atoms with van der Waals surface area (Å²) in [6.45, 7) is 4.06. The summed E-state index contributed by atoms with van der Waals surface area (Å²) in [7, 11) is 3.24. The van der Waals surface area contributed by atoms with Crippen LogP contribution in [0.2, 0.25) is 5.02 Å². The van der Waals surface area contributed by atoms with E-state index in [4.69, 9.17) is 16.3 Å². The maximum Gasteiger partial charge on any atom is 0.238 e. The Bertz CT molecular complexity index is 819. The summed E-state index contributed by atoms with van der Waals surface area (Å²) >= 11 is 6.05. The lowest BCUT2D eigenvalue weighted by molar-refractivity contribution is -0.119. The zero-order valence-electron chi connectivity index (χ0n) is 15.9. The monoisotopic (exact) mass is 389 g/mol. The summed E-state index contributed by atoms with van der Waals surface area (Å²) in [6.07, 6.45) is 0. The number of halogens is 1. The minimum absolute atomic E-state index is 0.0732. The maximum absolute atomic E-state index is 12.3. The number of para-hydroxylation sites is 1. The first-order valence-corrected chi connectivity index (χ1v) is 8.86. The third-order valence-electron chi connectivity index (χ3n) is 4.01. The molecule has 6 nitrogen and oxygen atoms in total. The number of carbonyl (C=O) groups excluding carboxylic acids is 2. The molecule has 27 heavy (non-hydrogen) atoms. The third-order valence-corrected chi connectivity index (χ3v) is 4.30. The number of likely N-dealkylation sites (N-methyl/N-ethyl adjacent to an activating group) is 1. The van der Waals surface area contributed by atoms with Gasteiger partial charge in [0, 0.05) is 11.4 Å². The fraction of sp³-hybridized carbons (Fsp3) is 0.300. The number of methoxy groups -OCH3 is 1. The van der Waals surface area contributed by atoms with Crippen molar-refractivity contribution in [3.63, 3.8) is 0 Å². The molecule has 0 aromatic heterocycles. The van der Waals surface area contributed by atoms with E-state index in [0.717, 1.165) is 16.8 Å². The maximum atomic E-state index is 12.3. The van der Waals surface area contributed by atoms with Gasteiger partial charge >= 0.3 is 0 Å². The molecule has 2 N–H and O–H groups in total. The normalized spacial score (nSPS) is 10.6. The SMILES string of the molecule is COc1ccc(NC(=O)CN(C)CC(=O)Nc2c(C)cccc2C)cc1Cl. The van der Waals surface area contributed by atoms with E-state index in [0.29, 0.717) is 16.5 Å². The number of aryl methyl sites for hydroxylation is 2. The number of benzene rings is 2. The van der Waals surface area contributed by atoms with Gasteiger partial charge < -0.3 is 15.4 Å². The highest BCUT2D eigenvalue weighted by Crippen LogP contribution is 2.27. The fourth-order valence-electron chi connectivity index (χ4n) is 2.68. The molecule has 0 saturated heterocycles. The molecule has 0 heterocycles. The Kier molecular flexibility index (Phi) is 7.21. The Morgan fingerprint density at radius 1 is 1.04 bits per heavy atom. The van der Waals surface area contributed by atoms with E-state index in [1.807, 2.05) is 32.0 Å². The predicted molar refractivity (Wildman–Crippen MR) is 109 cm³/mol. The minimum atomic E-state index is -0.237. The van der Waals surface area contributed by atoms with Gasteiger partial charge in [0.1, 0.15) is 5.75 Å². The molecular formula is C20H24ClN3O3. The van der Waals surface area contributed by atoms with Gasteiger partial charge in [-0.1, -0.05) is 29.8 Å². The molecule has 0 unspecified atom stereocenters. The zero-order valence-corrected chi connectivity index (χ0v) is 16.7. The van der Waals surface area contributed by atoms with E-state index in [1.165, 1.54) is 7.11 Å². The highest BCUT2D eigenvalue weighted by atomic mass is 35.5. The highest BCUT2D eigenvalue weighted by molar-refractivity contribution is 6.32. The summed E-state index contributed by atoms with van der Waals surface area (Å²) in [4.78, 5) is 26.1. The molecular weight excluding hydrogens is 366 g/mol. The van der Waals surface area contributed by atoms with Gasteiger partial charge in [-0.25, -0.2) is 0 Å². The van der Waals surface area contributed by atoms with Crippen LogP contribution < -0.4 is 15.4 Å². The molecule has 0 spiro atoms. The van der Waals surface area contributed by atoms with Crippen molar-refractivity contribution in [2.45, 2.75) is 13.8 Å². The number of carbonyl (C=O) groups is 2. The van der Waals surface area contributed by atoms with E-state index in [2.05, 4.69) is 10.6 Å². The second-order valence-corrected chi connectivity index (χ2v) is 6.79. The van der Waals surface area contributed by atoms with E-state index in [1.54, 1.807) is 30.1 Å².